The van der Waals surface area contributed by atoms with Gasteiger partial charge in [0.25, 0.3) is 0 Å². The summed E-state index contributed by atoms with van der Waals surface area (Å²) in [5, 5.41) is 13.0. The summed E-state index contributed by atoms with van der Waals surface area (Å²) in [7, 11) is 0. The zero-order valence-electron chi connectivity index (χ0n) is 11.5. The molecule has 0 spiro atoms. The molecule has 106 valence electrons. The molecule has 0 bridgehead atoms. The van der Waals surface area contributed by atoms with Crippen molar-refractivity contribution >= 4 is 0 Å². The van der Waals surface area contributed by atoms with E-state index in [1.165, 1.54) is 5.56 Å². The zero-order chi connectivity index (χ0) is 14.0. The van der Waals surface area contributed by atoms with Gasteiger partial charge in [-0.25, -0.2) is 0 Å². The average Bonchev–Trinajstić information content (AvgIpc) is 2.49. The summed E-state index contributed by atoms with van der Waals surface area (Å²) >= 11 is 0. The number of hydrogen-bond donors (Lipinski definition) is 2. The summed E-state index contributed by atoms with van der Waals surface area (Å²) < 4.78 is 5.49. The van der Waals surface area contributed by atoms with Gasteiger partial charge < -0.3 is 15.2 Å². The average molecular weight is 271 g/mol. The second-order valence-electron chi connectivity index (χ2n) is 4.77. The maximum atomic E-state index is 9.82. The standard InChI is InChI=1S/C17H21NO2/c19-17(12-18-11-15-7-3-1-4-8-15)14-20-13-16-9-5-2-6-10-16/h1-10,17-19H,11-14H2/t17-/m1/s1. The van der Waals surface area contributed by atoms with E-state index < -0.39 is 6.10 Å². The summed E-state index contributed by atoms with van der Waals surface area (Å²) in [4.78, 5) is 0. The predicted octanol–water partition coefficient (Wildman–Crippen LogP) is 2.35. The van der Waals surface area contributed by atoms with Crippen molar-refractivity contribution in [3.05, 3.63) is 71.8 Å². The second kappa shape index (κ2) is 8.48. The minimum Gasteiger partial charge on any atom is -0.389 e. The molecule has 0 heterocycles. The highest BCUT2D eigenvalue weighted by molar-refractivity contribution is 5.14. The first-order chi connectivity index (χ1) is 9.84. The van der Waals surface area contributed by atoms with Crippen molar-refractivity contribution in [2.24, 2.45) is 0 Å². The van der Waals surface area contributed by atoms with Gasteiger partial charge in [0.2, 0.25) is 0 Å². The van der Waals surface area contributed by atoms with Crippen molar-refractivity contribution in [3.63, 3.8) is 0 Å². The molecule has 1 atom stereocenters. The molecule has 2 aromatic carbocycles. The normalized spacial score (nSPS) is 12.2. The molecule has 3 nitrogen and oxygen atoms in total. The molecule has 0 aromatic heterocycles. The van der Waals surface area contributed by atoms with Gasteiger partial charge in [0, 0.05) is 13.1 Å². The molecule has 0 saturated carbocycles. The van der Waals surface area contributed by atoms with Crippen molar-refractivity contribution in [1.82, 2.24) is 5.32 Å². The summed E-state index contributed by atoms with van der Waals surface area (Å²) in [6.07, 6.45) is -0.484. The number of aliphatic hydroxyl groups excluding tert-OH is 1. The third-order valence-corrected chi connectivity index (χ3v) is 2.97. The lowest BCUT2D eigenvalue weighted by Crippen LogP contribution is -2.30. The van der Waals surface area contributed by atoms with Crippen LogP contribution in [0.3, 0.4) is 0 Å². The van der Waals surface area contributed by atoms with Gasteiger partial charge in [-0.1, -0.05) is 60.7 Å². The molecule has 0 amide bonds. The molecule has 0 aliphatic carbocycles. The molecule has 2 aromatic rings. The van der Waals surface area contributed by atoms with Crippen molar-refractivity contribution < 1.29 is 9.84 Å². The van der Waals surface area contributed by atoms with Crippen LogP contribution in [0.1, 0.15) is 11.1 Å². The Balaban J connectivity index is 1.58. The number of nitrogens with one attached hydrogen (secondary N) is 1. The van der Waals surface area contributed by atoms with Gasteiger partial charge in [-0.15, -0.1) is 0 Å². The number of ether oxygens (including phenoxy) is 1. The van der Waals surface area contributed by atoms with Gasteiger partial charge >= 0.3 is 0 Å². The van der Waals surface area contributed by atoms with E-state index in [0.717, 1.165) is 12.1 Å². The molecule has 2 N–H and O–H groups in total. The third kappa shape index (κ3) is 5.53. The van der Waals surface area contributed by atoms with E-state index in [-0.39, 0.29) is 0 Å². The number of hydrogen-bond acceptors (Lipinski definition) is 3. The first kappa shape index (κ1) is 14.7. The highest BCUT2D eigenvalue weighted by Gasteiger charge is 2.04. The lowest BCUT2D eigenvalue weighted by Gasteiger charge is -2.12. The van der Waals surface area contributed by atoms with E-state index in [9.17, 15) is 5.11 Å². The Morgan fingerprint density at radius 2 is 1.50 bits per heavy atom. The van der Waals surface area contributed by atoms with Crippen LogP contribution in [-0.4, -0.2) is 24.4 Å². The Hall–Kier alpha value is -1.68. The van der Waals surface area contributed by atoms with Gasteiger partial charge in [0.15, 0.2) is 0 Å². The van der Waals surface area contributed by atoms with Gasteiger partial charge in [-0.05, 0) is 11.1 Å². The maximum Gasteiger partial charge on any atom is 0.0897 e. The minimum atomic E-state index is -0.484. The van der Waals surface area contributed by atoms with Crippen LogP contribution in [0.25, 0.3) is 0 Å². The molecular weight excluding hydrogens is 250 g/mol. The molecule has 0 aliphatic rings. The molecular formula is C17H21NO2. The first-order valence-electron chi connectivity index (χ1n) is 6.89. The Morgan fingerprint density at radius 3 is 2.15 bits per heavy atom. The maximum absolute atomic E-state index is 9.82. The highest BCUT2D eigenvalue weighted by atomic mass is 16.5. The third-order valence-electron chi connectivity index (χ3n) is 2.97. The zero-order valence-corrected chi connectivity index (χ0v) is 11.5. The molecule has 3 heteroatoms. The van der Waals surface area contributed by atoms with E-state index in [1.807, 2.05) is 48.5 Å². The van der Waals surface area contributed by atoms with E-state index >= 15 is 0 Å². The highest BCUT2D eigenvalue weighted by Crippen LogP contribution is 2.01. The molecule has 0 fully saturated rings. The fraction of sp³-hybridized carbons (Fsp3) is 0.294. The van der Waals surface area contributed by atoms with Crippen LogP contribution in [0.15, 0.2) is 60.7 Å². The van der Waals surface area contributed by atoms with Crippen LogP contribution < -0.4 is 5.32 Å². The van der Waals surface area contributed by atoms with Crippen LogP contribution in [0.2, 0.25) is 0 Å². The number of rotatable bonds is 8. The van der Waals surface area contributed by atoms with Crippen molar-refractivity contribution in [2.45, 2.75) is 19.3 Å². The van der Waals surface area contributed by atoms with Gasteiger partial charge in [0.1, 0.15) is 0 Å². The quantitative estimate of drug-likeness (QED) is 0.774. The first-order valence-corrected chi connectivity index (χ1v) is 6.89. The molecule has 2 rings (SSSR count). The SMILES string of the molecule is O[C@H](CNCc1ccccc1)COCc1ccccc1. The van der Waals surface area contributed by atoms with Crippen LogP contribution in [0.4, 0.5) is 0 Å². The van der Waals surface area contributed by atoms with E-state index in [0.29, 0.717) is 19.8 Å². The van der Waals surface area contributed by atoms with Crippen LogP contribution in [0.5, 0.6) is 0 Å². The molecule has 0 aliphatic heterocycles. The Labute approximate surface area is 120 Å². The molecule has 0 saturated heterocycles. The monoisotopic (exact) mass is 271 g/mol. The number of aliphatic hydroxyl groups is 1. The Kier molecular flexibility index (Phi) is 6.24. The largest absolute Gasteiger partial charge is 0.389 e. The predicted molar refractivity (Wildman–Crippen MR) is 80.3 cm³/mol. The van der Waals surface area contributed by atoms with Gasteiger partial charge in [0.05, 0.1) is 19.3 Å². The summed E-state index contributed by atoms with van der Waals surface area (Å²) in [5.41, 5.74) is 2.34. The number of benzene rings is 2. The summed E-state index contributed by atoms with van der Waals surface area (Å²) in [6.45, 7) is 2.17. The van der Waals surface area contributed by atoms with E-state index in [2.05, 4.69) is 17.4 Å². The van der Waals surface area contributed by atoms with Gasteiger partial charge in [-0.3, -0.25) is 0 Å². The fourth-order valence-corrected chi connectivity index (χ4v) is 1.92. The molecule has 0 unspecified atom stereocenters. The van der Waals surface area contributed by atoms with Crippen LogP contribution in [-0.2, 0) is 17.9 Å². The van der Waals surface area contributed by atoms with Crippen molar-refractivity contribution in [3.8, 4) is 0 Å². The van der Waals surface area contributed by atoms with Gasteiger partial charge in [-0.2, -0.15) is 0 Å². The Morgan fingerprint density at radius 1 is 0.900 bits per heavy atom. The smallest absolute Gasteiger partial charge is 0.0897 e. The lowest BCUT2D eigenvalue weighted by molar-refractivity contribution is 0.0287. The summed E-state index contributed by atoms with van der Waals surface area (Å²) in [5.74, 6) is 0. The van der Waals surface area contributed by atoms with Crippen molar-refractivity contribution in [2.75, 3.05) is 13.2 Å². The van der Waals surface area contributed by atoms with Crippen molar-refractivity contribution in [1.29, 1.82) is 0 Å². The molecule has 0 radical (unpaired) electrons. The fourth-order valence-electron chi connectivity index (χ4n) is 1.92. The molecule has 20 heavy (non-hydrogen) atoms. The van der Waals surface area contributed by atoms with E-state index in [1.54, 1.807) is 0 Å². The Bertz CT molecular complexity index is 427. The van der Waals surface area contributed by atoms with Crippen LogP contribution in [0, 0.1) is 0 Å². The second-order valence-corrected chi connectivity index (χ2v) is 4.77. The lowest BCUT2D eigenvalue weighted by atomic mass is 10.2. The topological polar surface area (TPSA) is 41.5 Å². The van der Waals surface area contributed by atoms with E-state index in [4.69, 9.17) is 4.74 Å². The van der Waals surface area contributed by atoms with Crippen LogP contribution >= 0.6 is 0 Å². The minimum absolute atomic E-state index is 0.344. The summed E-state index contributed by atoms with van der Waals surface area (Å²) in [6, 6.07) is 20.1.